The van der Waals surface area contributed by atoms with Gasteiger partial charge in [0.25, 0.3) is 0 Å². The smallest absolute Gasteiger partial charge is 0.137 e. The first kappa shape index (κ1) is 26.4. The third-order valence-electron chi connectivity index (χ3n) is 7.01. The third kappa shape index (κ3) is 6.10. The predicted molar refractivity (Wildman–Crippen MR) is 145 cm³/mol. The van der Waals surface area contributed by atoms with Gasteiger partial charge in [0.2, 0.25) is 0 Å². The maximum atomic E-state index is 14.1. The molecule has 1 aromatic heterocycles. The number of halogens is 3. The number of aliphatic hydroxyl groups excluding tert-OH is 1. The van der Waals surface area contributed by atoms with Gasteiger partial charge in [0.05, 0.1) is 12.3 Å². The molecule has 198 valence electrons. The molecule has 7 heteroatoms. The largest absolute Gasteiger partial charge is 0.392 e. The number of aromatic nitrogens is 1. The number of carbonyl (C=O) groups excluding carboxylic acids is 1. The Morgan fingerprint density at radius 3 is 2.46 bits per heavy atom. The summed E-state index contributed by atoms with van der Waals surface area (Å²) in [4.78, 5) is 18.1. The molecule has 3 N–H and O–H groups in total. The number of ketones is 1. The Morgan fingerprint density at radius 2 is 1.69 bits per heavy atom. The average molecular weight is 529 g/mol. The number of fused-ring (bicyclic) bond motifs is 1. The lowest BCUT2D eigenvalue weighted by atomic mass is 9.85. The van der Waals surface area contributed by atoms with Crippen molar-refractivity contribution in [3.63, 3.8) is 0 Å². The lowest BCUT2D eigenvalue weighted by molar-refractivity contribution is -0.118. The van der Waals surface area contributed by atoms with E-state index in [1.807, 2.05) is 24.3 Å². The zero-order chi connectivity index (χ0) is 27.5. The molecule has 0 spiro atoms. The molecule has 4 aromatic rings. The topological polar surface area (TPSA) is 76.2 Å². The van der Waals surface area contributed by atoms with Gasteiger partial charge in [-0.3, -0.25) is 4.79 Å². The number of aliphatic hydroxyl groups is 1. The monoisotopic (exact) mass is 528 g/mol. The number of allylic oxidation sites excluding steroid dienone is 2. The molecule has 1 aliphatic rings. The van der Waals surface area contributed by atoms with Crippen LogP contribution in [0.1, 0.15) is 46.7 Å². The van der Waals surface area contributed by atoms with E-state index in [1.165, 1.54) is 24.3 Å². The number of rotatable bonds is 9. The van der Waals surface area contributed by atoms with Gasteiger partial charge in [-0.05, 0) is 88.7 Å². The van der Waals surface area contributed by atoms with E-state index in [2.05, 4.69) is 4.98 Å². The number of pyridine rings is 1. The van der Waals surface area contributed by atoms with Crippen molar-refractivity contribution < 1.29 is 23.1 Å². The van der Waals surface area contributed by atoms with E-state index in [0.29, 0.717) is 28.8 Å². The lowest BCUT2D eigenvalue weighted by Gasteiger charge is -2.21. The highest BCUT2D eigenvalue weighted by Crippen LogP contribution is 2.36. The fraction of sp³-hybridized carbons (Fsp3) is 0.188. The summed E-state index contributed by atoms with van der Waals surface area (Å²) in [6.45, 7) is -0.146. The van der Waals surface area contributed by atoms with Gasteiger partial charge in [-0.25, -0.2) is 18.2 Å². The standard InChI is InChI=1S/C32H27F3N2O2/c33-25-7-6-21-4-5-23(30(21)17-25)14-28(39)15-24(11-20-12-26(34)16-27(35)13-20)32-29(8-9-31(36)37-32)22-3-1-2-19(10-22)18-38/h1-3,5-10,12-13,16-17,24,38H,4,11,14-15,18H2,(H2,36,37). The number of benzene rings is 3. The number of nitrogen functional groups attached to an aromatic ring is 1. The van der Waals surface area contributed by atoms with Crippen molar-refractivity contribution in [1.29, 1.82) is 0 Å². The van der Waals surface area contributed by atoms with Crippen LogP contribution in [-0.2, 0) is 24.2 Å². The van der Waals surface area contributed by atoms with E-state index in [1.54, 1.807) is 24.3 Å². The number of nitrogens with zero attached hydrogens (tertiary/aromatic N) is 1. The van der Waals surface area contributed by atoms with E-state index in [9.17, 15) is 23.1 Å². The molecule has 1 unspecified atom stereocenters. The number of Topliss-reactive ketones (excluding diaryl/α,β-unsaturated/α-hetero) is 1. The van der Waals surface area contributed by atoms with Crippen LogP contribution in [0.15, 0.2) is 78.9 Å². The van der Waals surface area contributed by atoms with E-state index in [0.717, 1.165) is 28.3 Å². The molecular formula is C32H27F3N2O2. The highest BCUT2D eigenvalue weighted by Gasteiger charge is 2.25. The Labute approximate surface area is 224 Å². The van der Waals surface area contributed by atoms with Crippen LogP contribution >= 0.6 is 0 Å². The molecule has 39 heavy (non-hydrogen) atoms. The second-order valence-corrected chi connectivity index (χ2v) is 9.86. The first-order valence-electron chi connectivity index (χ1n) is 12.7. The molecule has 3 aromatic carbocycles. The van der Waals surface area contributed by atoms with Crippen LogP contribution < -0.4 is 5.73 Å². The minimum atomic E-state index is -0.707. The molecule has 1 heterocycles. The summed E-state index contributed by atoms with van der Waals surface area (Å²) in [5.41, 5.74) is 11.6. The minimum Gasteiger partial charge on any atom is -0.392 e. The van der Waals surface area contributed by atoms with Crippen LogP contribution in [-0.4, -0.2) is 15.9 Å². The summed E-state index contributed by atoms with van der Waals surface area (Å²) in [6, 6.07) is 18.6. The quantitative estimate of drug-likeness (QED) is 0.258. The Hall–Kier alpha value is -4.23. The Bertz CT molecular complexity index is 1560. The van der Waals surface area contributed by atoms with E-state index < -0.39 is 17.6 Å². The minimum absolute atomic E-state index is 0.0310. The second kappa shape index (κ2) is 11.3. The molecule has 0 bridgehead atoms. The maximum Gasteiger partial charge on any atom is 0.137 e. The second-order valence-electron chi connectivity index (χ2n) is 9.86. The van der Waals surface area contributed by atoms with Gasteiger partial charge in [0.1, 0.15) is 29.1 Å². The molecule has 0 amide bonds. The summed E-state index contributed by atoms with van der Waals surface area (Å²) < 4.78 is 42.0. The van der Waals surface area contributed by atoms with Gasteiger partial charge >= 0.3 is 0 Å². The maximum absolute atomic E-state index is 14.1. The zero-order valence-electron chi connectivity index (χ0n) is 21.1. The summed E-state index contributed by atoms with van der Waals surface area (Å²) in [5, 5.41) is 9.64. The number of hydrogen-bond donors (Lipinski definition) is 2. The lowest BCUT2D eigenvalue weighted by Crippen LogP contribution is -2.14. The number of anilines is 1. The first-order chi connectivity index (χ1) is 18.8. The van der Waals surface area contributed by atoms with Crippen molar-refractivity contribution in [1.82, 2.24) is 4.98 Å². The van der Waals surface area contributed by atoms with Crippen LogP contribution in [0.3, 0.4) is 0 Å². The molecule has 4 nitrogen and oxygen atoms in total. The van der Waals surface area contributed by atoms with Gasteiger partial charge in [-0.1, -0.05) is 30.3 Å². The number of carbonyl (C=O) groups is 1. The van der Waals surface area contributed by atoms with Crippen LogP contribution in [0, 0.1) is 17.5 Å². The van der Waals surface area contributed by atoms with E-state index in [-0.39, 0.29) is 43.3 Å². The Balaban J connectivity index is 1.51. The molecule has 5 rings (SSSR count). The summed E-state index contributed by atoms with van der Waals surface area (Å²) in [6.07, 6.45) is 2.84. The molecule has 1 atom stereocenters. The van der Waals surface area contributed by atoms with Crippen LogP contribution in [0.2, 0.25) is 0 Å². The highest BCUT2D eigenvalue weighted by molar-refractivity contribution is 5.92. The van der Waals surface area contributed by atoms with Crippen molar-refractivity contribution in [3.8, 4) is 11.1 Å². The van der Waals surface area contributed by atoms with Gasteiger partial charge < -0.3 is 10.8 Å². The Morgan fingerprint density at radius 1 is 0.897 bits per heavy atom. The number of hydrogen-bond acceptors (Lipinski definition) is 4. The van der Waals surface area contributed by atoms with Crippen molar-refractivity contribution >= 4 is 17.2 Å². The molecule has 0 fully saturated rings. The molecule has 0 radical (unpaired) electrons. The predicted octanol–water partition coefficient (Wildman–Crippen LogP) is 6.56. The summed E-state index contributed by atoms with van der Waals surface area (Å²) in [5.74, 6) is -2.19. The van der Waals surface area contributed by atoms with E-state index in [4.69, 9.17) is 5.73 Å². The normalized spacial score (nSPS) is 13.2. The van der Waals surface area contributed by atoms with Gasteiger partial charge in [0.15, 0.2) is 0 Å². The molecule has 0 saturated heterocycles. The molecule has 1 aliphatic carbocycles. The van der Waals surface area contributed by atoms with Gasteiger partial charge in [0, 0.05) is 30.4 Å². The zero-order valence-corrected chi connectivity index (χ0v) is 21.1. The van der Waals surface area contributed by atoms with Crippen molar-refractivity contribution in [2.24, 2.45) is 0 Å². The highest BCUT2D eigenvalue weighted by atomic mass is 19.1. The fourth-order valence-corrected chi connectivity index (χ4v) is 5.26. The van der Waals surface area contributed by atoms with Crippen molar-refractivity contribution in [2.75, 3.05) is 5.73 Å². The van der Waals surface area contributed by atoms with Crippen LogP contribution in [0.25, 0.3) is 16.7 Å². The summed E-state index contributed by atoms with van der Waals surface area (Å²) >= 11 is 0. The molecular weight excluding hydrogens is 501 g/mol. The first-order valence-corrected chi connectivity index (χ1v) is 12.7. The van der Waals surface area contributed by atoms with Crippen molar-refractivity contribution in [2.45, 2.75) is 38.2 Å². The molecule has 0 saturated carbocycles. The van der Waals surface area contributed by atoms with Crippen LogP contribution in [0.4, 0.5) is 19.0 Å². The number of nitrogens with two attached hydrogens (primary N) is 1. The van der Waals surface area contributed by atoms with Gasteiger partial charge in [-0.15, -0.1) is 0 Å². The summed E-state index contributed by atoms with van der Waals surface area (Å²) in [7, 11) is 0. The van der Waals surface area contributed by atoms with Crippen LogP contribution in [0.5, 0.6) is 0 Å². The van der Waals surface area contributed by atoms with Gasteiger partial charge in [-0.2, -0.15) is 0 Å². The third-order valence-corrected chi connectivity index (χ3v) is 7.01. The van der Waals surface area contributed by atoms with E-state index >= 15 is 0 Å². The average Bonchev–Trinajstić information content (AvgIpc) is 3.29. The Kier molecular flexibility index (Phi) is 7.61. The van der Waals surface area contributed by atoms with Crippen molar-refractivity contribution in [3.05, 3.63) is 124 Å². The fourth-order valence-electron chi connectivity index (χ4n) is 5.26. The molecule has 0 aliphatic heterocycles. The SMILES string of the molecule is Nc1ccc(-c2cccc(CO)c2)c(C(CC(=O)CC2=CCc3ccc(F)cc32)Cc2cc(F)cc(F)c2)n1.